The number of aliphatic imine (C=N–C) groups is 1. The van der Waals surface area contributed by atoms with Gasteiger partial charge in [0.2, 0.25) is 0 Å². The van der Waals surface area contributed by atoms with E-state index in [2.05, 4.69) is 4.99 Å². The van der Waals surface area contributed by atoms with Crippen LogP contribution in [-0.4, -0.2) is 15.7 Å². The van der Waals surface area contributed by atoms with Gasteiger partial charge in [0.15, 0.2) is 0 Å². The Hall–Kier alpha value is -3.21. The lowest BCUT2D eigenvalue weighted by Crippen LogP contribution is -1.97. The largest absolute Gasteiger partial charge is 0.316 e. The lowest BCUT2D eigenvalue weighted by atomic mass is 10.2. The van der Waals surface area contributed by atoms with Gasteiger partial charge < -0.3 is 4.57 Å². The molecule has 5 nitrogen and oxygen atoms in total. The number of nitro benzene ring substituents is 1. The van der Waals surface area contributed by atoms with Gasteiger partial charge in [0, 0.05) is 18.0 Å². The fourth-order valence-corrected chi connectivity index (χ4v) is 2.35. The Kier molecular flexibility index (Phi) is 4.01. The number of para-hydroxylation sites is 1. The Balaban J connectivity index is 1.97. The van der Waals surface area contributed by atoms with Gasteiger partial charge in [-0.3, -0.25) is 10.1 Å². The Bertz CT molecular complexity index is 867. The van der Waals surface area contributed by atoms with Crippen molar-refractivity contribution in [1.29, 1.82) is 0 Å². The molecule has 0 aliphatic heterocycles. The molecule has 0 aliphatic rings. The lowest BCUT2D eigenvalue weighted by molar-refractivity contribution is -0.384. The molecule has 1 aromatic heterocycles. The summed E-state index contributed by atoms with van der Waals surface area (Å²) in [6.07, 6.45) is 3.57. The highest BCUT2D eigenvalue weighted by molar-refractivity contribution is 5.82. The molecule has 0 aliphatic carbocycles. The van der Waals surface area contributed by atoms with E-state index in [1.807, 2.05) is 66.2 Å². The van der Waals surface area contributed by atoms with Crippen molar-refractivity contribution in [3.63, 3.8) is 0 Å². The highest BCUT2D eigenvalue weighted by Crippen LogP contribution is 2.28. The predicted molar refractivity (Wildman–Crippen MR) is 90.9 cm³/mol. The summed E-state index contributed by atoms with van der Waals surface area (Å²) in [6, 6.07) is 18.7. The van der Waals surface area contributed by atoms with Crippen molar-refractivity contribution in [2.75, 3.05) is 0 Å². The van der Waals surface area contributed by atoms with E-state index < -0.39 is 4.92 Å². The number of benzene rings is 2. The molecule has 0 radical (unpaired) electrons. The predicted octanol–water partition coefficient (Wildman–Crippen LogP) is 4.44. The molecule has 2 aromatic carbocycles. The number of nitro groups is 1. The quantitative estimate of drug-likeness (QED) is 0.406. The fourth-order valence-electron chi connectivity index (χ4n) is 2.35. The van der Waals surface area contributed by atoms with Gasteiger partial charge in [-0.2, -0.15) is 0 Å². The van der Waals surface area contributed by atoms with Crippen LogP contribution in [0.2, 0.25) is 0 Å². The molecule has 3 rings (SSSR count). The number of hydrogen-bond acceptors (Lipinski definition) is 3. The average molecular weight is 305 g/mol. The third-order valence-corrected chi connectivity index (χ3v) is 3.48. The number of nitrogens with zero attached hydrogens (tertiary/aromatic N) is 3. The van der Waals surface area contributed by atoms with E-state index in [9.17, 15) is 10.1 Å². The molecular weight excluding hydrogens is 290 g/mol. The van der Waals surface area contributed by atoms with Gasteiger partial charge in [-0.15, -0.1) is 0 Å². The van der Waals surface area contributed by atoms with Crippen LogP contribution in [0.25, 0.3) is 5.69 Å². The molecule has 23 heavy (non-hydrogen) atoms. The molecule has 0 atom stereocenters. The molecule has 5 heteroatoms. The second-order valence-electron chi connectivity index (χ2n) is 5.15. The summed E-state index contributed by atoms with van der Waals surface area (Å²) < 4.78 is 1.98. The third kappa shape index (κ3) is 3.18. The minimum atomic E-state index is -0.407. The van der Waals surface area contributed by atoms with Crippen molar-refractivity contribution < 1.29 is 4.92 Å². The second-order valence-corrected chi connectivity index (χ2v) is 5.15. The maximum Gasteiger partial charge on any atom is 0.295 e. The first-order valence-corrected chi connectivity index (χ1v) is 7.17. The zero-order valence-corrected chi connectivity index (χ0v) is 12.6. The lowest BCUT2D eigenvalue weighted by Gasteiger charge is -2.05. The molecule has 0 amide bonds. The van der Waals surface area contributed by atoms with Crippen molar-refractivity contribution >= 4 is 17.6 Å². The maximum atomic E-state index is 11.2. The van der Waals surface area contributed by atoms with E-state index in [4.69, 9.17) is 0 Å². The topological polar surface area (TPSA) is 60.4 Å². The molecule has 0 spiro atoms. The Morgan fingerprint density at radius 1 is 1.09 bits per heavy atom. The van der Waals surface area contributed by atoms with Gasteiger partial charge in [0.05, 0.1) is 16.8 Å². The molecular formula is C18H15N3O2. The summed E-state index contributed by atoms with van der Waals surface area (Å²) in [6.45, 7) is 1.82. The summed E-state index contributed by atoms with van der Waals surface area (Å²) >= 11 is 0. The average Bonchev–Trinajstić information content (AvgIpc) is 3.03. The van der Waals surface area contributed by atoms with Crippen molar-refractivity contribution in [3.05, 3.63) is 88.2 Å². The first-order valence-electron chi connectivity index (χ1n) is 7.17. The van der Waals surface area contributed by atoms with Crippen LogP contribution in [0.4, 0.5) is 11.4 Å². The molecule has 0 bridgehead atoms. The van der Waals surface area contributed by atoms with E-state index in [1.165, 1.54) is 6.07 Å². The number of rotatable bonds is 4. The SMILES string of the molecule is Cc1ccc(N=Cc2cccn2-c2ccccc2)c([N+](=O)[O-])c1. The minimum absolute atomic E-state index is 0.0130. The van der Waals surface area contributed by atoms with Crippen molar-refractivity contribution in [1.82, 2.24) is 4.57 Å². The van der Waals surface area contributed by atoms with Crippen LogP contribution in [0.3, 0.4) is 0 Å². The molecule has 0 saturated carbocycles. The summed E-state index contributed by atoms with van der Waals surface area (Å²) in [5, 5.41) is 11.2. The first kappa shape index (κ1) is 14.7. The molecule has 0 N–H and O–H groups in total. The van der Waals surface area contributed by atoms with Gasteiger partial charge in [-0.05, 0) is 42.8 Å². The van der Waals surface area contributed by atoms with Gasteiger partial charge in [0.25, 0.3) is 5.69 Å². The molecule has 0 saturated heterocycles. The zero-order chi connectivity index (χ0) is 16.2. The number of aromatic nitrogens is 1. The van der Waals surface area contributed by atoms with Gasteiger partial charge >= 0.3 is 0 Å². The van der Waals surface area contributed by atoms with E-state index in [1.54, 1.807) is 12.3 Å². The Morgan fingerprint density at radius 2 is 1.87 bits per heavy atom. The Morgan fingerprint density at radius 3 is 2.61 bits per heavy atom. The van der Waals surface area contributed by atoms with E-state index in [0.29, 0.717) is 5.69 Å². The van der Waals surface area contributed by atoms with Crippen LogP contribution in [-0.2, 0) is 0 Å². The fraction of sp³-hybridized carbons (Fsp3) is 0.0556. The first-order chi connectivity index (χ1) is 11.1. The minimum Gasteiger partial charge on any atom is -0.316 e. The molecule has 114 valence electrons. The highest BCUT2D eigenvalue weighted by Gasteiger charge is 2.12. The van der Waals surface area contributed by atoms with Crippen LogP contribution in [0, 0.1) is 17.0 Å². The standard InChI is InChI=1S/C18H15N3O2/c1-14-9-10-17(18(12-14)21(22)23)19-13-16-8-5-11-20(16)15-6-3-2-4-7-15/h2-13H,1H3. The van der Waals surface area contributed by atoms with Crippen LogP contribution in [0.15, 0.2) is 71.9 Å². The van der Waals surface area contributed by atoms with Crippen LogP contribution < -0.4 is 0 Å². The third-order valence-electron chi connectivity index (χ3n) is 3.48. The molecule has 0 fully saturated rings. The van der Waals surface area contributed by atoms with Crippen LogP contribution in [0.1, 0.15) is 11.3 Å². The van der Waals surface area contributed by atoms with Gasteiger partial charge in [-0.25, -0.2) is 4.99 Å². The van der Waals surface area contributed by atoms with Crippen LogP contribution in [0.5, 0.6) is 0 Å². The van der Waals surface area contributed by atoms with Gasteiger partial charge in [-0.1, -0.05) is 24.3 Å². The molecule has 3 aromatic rings. The number of aryl methyl sites for hydroxylation is 1. The van der Waals surface area contributed by atoms with Crippen molar-refractivity contribution in [2.24, 2.45) is 4.99 Å². The van der Waals surface area contributed by atoms with Crippen molar-refractivity contribution in [3.8, 4) is 5.69 Å². The van der Waals surface area contributed by atoms with Crippen LogP contribution >= 0.6 is 0 Å². The monoisotopic (exact) mass is 305 g/mol. The summed E-state index contributed by atoms with van der Waals surface area (Å²) in [4.78, 5) is 15.1. The van der Waals surface area contributed by atoms with E-state index in [0.717, 1.165) is 16.9 Å². The van der Waals surface area contributed by atoms with E-state index in [-0.39, 0.29) is 5.69 Å². The zero-order valence-electron chi connectivity index (χ0n) is 12.6. The highest BCUT2D eigenvalue weighted by atomic mass is 16.6. The maximum absolute atomic E-state index is 11.2. The summed E-state index contributed by atoms with van der Waals surface area (Å²) in [7, 11) is 0. The smallest absolute Gasteiger partial charge is 0.295 e. The molecule has 1 heterocycles. The summed E-state index contributed by atoms with van der Waals surface area (Å²) in [5.74, 6) is 0. The second kappa shape index (κ2) is 6.27. The normalized spacial score (nSPS) is 11.0. The number of hydrogen-bond donors (Lipinski definition) is 0. The summed E-state index contributed by atoms with van der Waals surface area (Å²) in [5.41, 5.74) is 3.06. The van der Waals surface area contributed by atoms with Gasteiger partial charge in [0.1, 0.15) is 5.69 Å². The van der Waals surface area contributed by atoms with Crippen molar-refractivity contribution in [2.45, 2.75) is 6.92 Å². The molecule has 0 unspecified atom stereocenters. The Labute approximate surface area is 133 Å². The van der Waals surface area contributed by atoms with E-state index >= 15 is 0 Å².